The zero-order valence-electron chi connectivity index (χ0n) is 23.2. The summed E-state index contributed by atoms with van der Waals surface area (Å²) in [5.41, 5.74) is 1.86. The largest absolute Gasteiger partial charge is 0.460 e. The van der Waals surface area contributed by atoms with E-state index in [1.54, 1.807) is 48.5 Å². The average Bonchev–Trinajstić information content (AvgIpc) is 3.03. The van der Waals surface area contributed by atoms with E-state index in [1.165, 1.54) is 24.3 Å². The van der Waals surface area contributed by atoms with Gasteiger partial charge in [0.25, 0.3) is 27.7 Å². The van der Waals surface area contributed by atoms with Gasteiger partial charge in [-0.05, 0) is 66.1 Å². The SMILES string of the molecule is O=C(CNC(=O)c1ccc(C(=O)NS(=O)(=O)c2ccc(CCNC(=O)c3ccc(Cl)cc3)cc2)cn1)OCc1ccccc1. The maximum Gasteiger partial charge on any atom is 0.325 e. The monoisotopic (exact) mass is 634 g/mol. The first-order valence-electron chi connectivity index (χ1n) is 13.2. The van der Waals surface area contributed by atoms with Crippen LogP contribution in [0.1, 0.15) is 42.3 Å². The maximum atomic E-state index is 12.8. The van der Waals surface area contributed by atoms with Crippen LogP contribution in [-0.2, 0) is 32.6 Å². The van der Waals surface area contributed by atoms with Crippen LogP contribution >= 0.6 is 11.6 Å². The van der Waals surface area contributed by atoms with Crippen molar-refractivity contribution in [3.8, 4) is 0 Å². The number of nitrogens with one attached hydrogen (secondary N) is 3. The molecule has 3 amide bonds. The number of hydrogen-bond acceptors (Lipinski definition) is 8. The number of sulfonamides is 1. The molecule has 1 aromatic heterocycles. The Hall–Kier alpha value is -5.07. The van der Waals surface area contributed by atoms with Crippen molar-refractivity contribution < 1.29 is 32.3 Å². The number of rotatable bonds is 12. The van der Waals surface area contributed by atoms with Crippen molar-refractivity contribution in [2.75, 3.05) is 13.1 Å². The van der Waals surface area contributed by atoms with E-state index in [0.717, 1.165) is 17.3 Å². The van der Waals surface area contributed by atoms with Crippen LogP contribution in [0, 0.1) is 0 Å². The molecule has 1 heterocycles. The van der Waals surface area contributed by atoms with Crippen LogP contribution < -0.4 is 15.4 Å². The van der Waals surface area contributed by atoms with Gasteiger partial charge in [-0.25, -0.2) is 13.1 Å². The van der Waals surface area contributed by atoms with Crippen molar-refractivity contribution in [2.45, 2.75) is 17.9 Å². The minimum atomic E-state index is -4.21. The molecular weight excluding hydrogens is 608 g/mol. The Bertz CT molecular complexity index is 1730. The molecule has 0 aliphatic heterocycles. The van der Waals surface area contributed by atoms with Crippen LogP contribution in [0.15, 0.2) is 102 Å². The molecule has 13 heteroatoms. The third kappa shape index (κ3) is 9.21. The van der Waals surface area contributed by atoms with Crippen molar-refractivity contribution in [2.24, 2.45) is 0 Å². The summed E-state index contributed by atoms with van der Waals surface area (Å²) >= 11 is 5.83. The van der Waals surface area contributed by atoms with Gasteiger partial charge in [0.1, 0.15) is 18.8 Å². The molecule has 4 aromatic rings. The van der Waals surface area contributed by atoms with E-state index < -0.39 is 27.8 Å². The molecule has 0 aliphatic rings. The summed E-state index contributed by atoms with van der Waals surface area (Å²) in [5, 5.41) is 5.69. The molecule has 0 fully saturated rings. The van der Waals surface area contributed by atoms with Gasteiger partial charge in [-0.1, -0.05) is 54.1 Å². The second-order valence-electron chi connectivity index (χ2n) is 9.35. The van der Waals surface area contributed by atoms with Crippen molar-refractivity contribution in [3.05, 3.63) is 130 Å². The molecule has 226 valence electrons. The first kappa shape index (κ1) is 31.9. The summed E-state index contributed by atoms with van der Waals surface area (Å²) in [5.74, 6) is -2.52. The molecular formula is C31H27ClN4O7S. The number of benzene rings is 3. The van der Waals surface area contributed by atoms with Crippen molar-refractivity contribution in [1.29, 1.82) is 0 Å². The zero-order valence-corrected chi connectivity index (χ0v) is 24.7. The summed E-state index contributed by atoms with van der Waals surface area (Å²) in [6.45, 7) is 0.00441. The minimum absolute atomic E-state index is 0.0656. The van der Waals surface area contributed by atoms with Crippen LogP contribution in [0.5, 0.6) is 0 Å². The number of aromatic nitrogens is 1. The van der Waals surface area contributed by atoms with Crippen molar-refractivity contribution in [3.63, 3.8) is 0 Å². The lowest BCUT2D eigenvalue weighted by Gasteiger charge is -2.09. The Labute approximate surface area is 258 Å². The van der Waals surface area contributed by atoms with Crippen molar-refractivity contribution >= 4 is 45.3 Å². The summed E-state index contributed by atoms with van der Waals surface area (Å²) in [7, 11) is -4.21. The Kier molecular flexibility index (Phi) is 10.8. The molecule has 44 heavy (non-hydrogen) atoms. The summed E-state index contributed by atoms with van der Waals surface area (Å²) in [4.78, 5) is 52.8. The van der Waals surface area contributed by atoms with Gasteiger partial charge in [0, 0.05) is 23.3 Å². The average molecular weight is 635 g/mol. The molecule has 4 rings (SSSR count). The maximum absolute atomic E-state index is 12.8. The lowest BCUT2D eigenvalue weighted by atomic mass is 10.1. The van der Waals surface area contributed by atoms with Crippen molar-refractivity contribution in [1.82, 2.24) is 20.3 Å². The van der Waals surface area contributed by atoms with E-state index in [-0.39, 0.29) is 35.2 Å². The van der Waals surface area contributed by atoms with Gasteiger partial charge >= 0.3 is 5.97 Å². The van der Waals surface area contributed by atoms with E-state index in [2.05, 4.69) is 15.6 Å². The standard InChI is InChI=1S/C31H27ClN4O7S/c32-25-11-8-23(9-12-25)29(38)33-17-16-21-6-13-26(14-7-21)44(41,42)36-30(39)24-10-15-27(34-18-24)31(40)35-19-28(37)43-20-22-4-2-1-3-5-22/h1-15,18H,16-17,19-20H2,(H,33,38)(H,35,40)(H,36,39). The summed E-state index contributed by atoms with van der Waals surface area (Å²) < 4.78 is 32.6. The molecule has 3 aromatic carbocycles. The van der Waals surface area contributed by atoms with Crippen LogP contribution in [0.25, 0.3) is 0 Å². The summed E-state index contributed by atoms with van der Waals surface area (Å²) in [6, 6.07) is 23.9. The predicted octanol–water partition coefficient (Wildman–Crippen LogP) is 3.30. The first-order valence-corrected chi connectivity index (χ1v) is 15.1. The highest BCUT2D eigenvalue weighted by Gasteiger charge is 2.20. The van der Waals surface area contributed by atoms with Gasteiger partial charge in [-0.2, -0.15) is 0 Å². The van der Waals surface area contributed by atoms with E-state index in [1.807, 2.05) is 22.9 Å². The lowest BCUT2D eigenvalue weighted by molar-refractivity contribution is -0.143. The number of halogens is 1. The van der Waals surface area contributed by atoms with E-state index >= 15 is 0 Å². The fourth-order valence-corrected chi connectivity index (χ4v) is 4.89. The topological polar surface area (TPSA) is 161 Å². The van der Waals surface area contributed by atoms with Gasteiger partial charge in [0.15, 0.2) is 0 Å². The number of ether oxygens (including phenoxy) is 1. The molecule has 0 saturated carbocycles. The highest BCUT2D eigenvalue weighted by Crippen LogP contribution is 2.13. The fourth-order valence-electron chi connectivity index (χ4n) is 3.79. The quantitative estimate of drug-likeness (QED) is 0.200. The smallest absolute Gasteiger partial charge is 0.325 e. The molecule has 0 aliphatic carbocycles. The molecule has 0 spiro atoms. The molecule has 0 saturated heterocycles. The Morgan fingerprint density at radius 2 is 1.41 bits per heavy atom. The van der Waals surface area contributed by atoms with Crippen LogP contribution in [-0.4, -0.2) is 50.2 Å². The number of hydrogen-bond donors (Lipinski definition) is 3. The number of nitrogens with zero attached hydrogens (tertiary/aromatic N) is 1. The van der Waals surface area contributed by atoms with Crippen LogP contribution in [0.4, 0.5) is 0 Å². The second kappa shape index (κ2) is 14.9. The Morgan fingerprint density at radius 3 is 2.07 bits per heavy atom. The second-order valence-corrected chi connectivity index (χ2v) is 11.5. The number of amides is 3. The highest BCUT2D eigenvalue weighted by molar-refractivity contribution is 7.90. The van der Waals surface area contributed by atoms with Gasteiger partial charge < -0.3 is 15.4 Å². The van der Waals surface area contributed by atoms with Gasteiger partial charge in [0.05, 0.1) is 10.5 Å². The number of carbonyl (C=O) groups is 4. The highest BCUT2D eigenvalue weighted by atomic mass is 35.5. The molecule has 0 bridgehead atoms. The molecule has 0 radical (unpaired) electrons. The summed E-state index contributed by atoms with van der Waals surface area (Å²) in [6.07, 6.45) is 1.50. The molecule has 0 unspecified atom stereocenters. The minimum Gasteiger partial charge on any atom is -0.460 e. The number of carbonyl (C=O) groups excluding carboxylic acids is 4. The van der Waals surface area contributed by atoms with E-state index in [0.29, 0.717) is 23.6 Å². The van der Waals surface area contributed by atoms with Crippen LogP contribution in [0.3, 0.4) is 0 Å². The zero-order chi connectivity index (χ0) is 31.5. The predicted molar refractivity (Wildman–Crippen MR) is 161 cm³/mol. The Balaban J connectivity index is 1.23. The van der Waals surface area contributed by atoms with Gasteiger partial charge in [-0.15, -0.1) is 0 Å². The van der Waals surface area contributed by atoms with E-state index in [9.17, 15) is 27.6 Å². The third-order valence-corrected chi connectivity index (χ3v) is 7.76. The third-order valence-electron chi connectivity index (χ3n) is 6.16. The van der Waals surface area contributed by atoms with Gasteiger partial charge in [0.2, 0.25) is 0 Å². The van der Waals surface area contributed by atoms with Gasteiger partial charge in [-0.3, -0.25) is 24.2 Å². The van der Waals surface area contributed by atoms with E-state index in [4.69, 9.17) is 16.3 Å². The Morgan fingerprint density at radius 1 is 0.727 bits per heavy atom. The number of pyridine rings is 1. The first-order chi connectivity index (χ1) is 21.1. The van der Waals surface area contributed by atoms with Crippen LogP contribution in [0.2, 0.25) is 5.02 Å². The number of esters is 1. The fraction of sp³-hybridized carbons (Fsp3) is 0.129. The molecule has 0 atom stereocenters. The molecule has 11 nitrogen and oxygen atoms in total. The normalized spacial score (nSPS) is 10.8. The molecule has 3 N–H and O–H groups in total. The lowest BCUT2D eigenvalue weighted by Crippen LogP contribution is -2.32.